The van der Waals surface area contributed by atoms with Crippen LogP contribution in [0.2, 0.25) is 0 Å². The first-order valence-electron chi connectivity index (χ1n) is 11.0. The van der Waals surface area contributed by atoms with Crippen molar-refractivity contribution in [2.45, 2.75) is 31.2 Å². The standard InChI is InChI=1S/C24H28N4O3/c29-16-22(30)28-17-24(18-6-1-3-8-20(18)28)10-14-26(15-11-24)12-5-13-27-21-9-4-2-7-19(21)25-23(27)31/h1-4,6-9,29H,5,10-17H2,(H,25,31). The molecule has 5 rings (SSSR count). The van der Waals surface area contributed by atoms with Crippen LogP contribution in [-0.2, 0) is 16.8 Å². The summed E-state index contributed by atoms with van der Waals surface area (Å²) in [5, 5.41) is 9.38. The number of benzene rings is 2. The number of carbonyl (C=O) groups excluding carboxylic acids is 1. The first-order valence-corrected chi connectivity index (χ1v) is 11.0. The van der Waals surface area contributed by atoms with E-state index in [1.807, 2.05) is 47.0 Å². The summed E-state index contributed by atoms with van der Waals surface area (Å²) in [7, 11) is 0. The van der Waals surface area contributed by atoms with Crippen LogP contribution >= 0.6 is 0 Å². The highest BCUT2D eigenvalue weighted by Crippen LogP contribution is 2.46. The van der Waals surface area contributed by atoms with Gasteiger partial charge in [0.1, 0.15) is 6.61 Å². The molecule has 1 amide bonds. The number of aryl methyl sites for hydroxylation is 1. The molecule has 2 N–H and O–H groups in total. The number of imidazole rings is 1. The molecule has 0 radical (unpaired) electrons. The highest BCUT2D eigenvalue weighted by Gasteiger charge is 2.45. The molecule has 7 heteroatoms. The summed E-state index contributed by atoms with van der Waals surface area (Å²) in [4.78, 5) is 31.7. The van der Waals surface area contributed by atoms with E-state index in [1.165, 1.54) is 5.56 Å². The lowest BCUT2D eigenvalue weighted by atomic mass is 9.74. The van der Waals surface area contributed by atoms with Crippen LogP contribution in [0.1, 0.15) is 24.8 Å². The average Bonchev–Trinajstić information content (AvgIpc) is 3.30. The van der Waals surface area contributed by atoms with Crippen LogP contribution in [-0.4, -0.2) is 58.3 Å². The topological polar surface area (TPSA) is 81.6 Å². The Morgan fingerprint density at radius 2 is 1.77 bits per heavy atom. The number of piperidine rings is 1. The fraction of sp³-hybridized carbons (Fsp3) is 0.417. The van der Waals surface area contributed by atoms with Crippen molar-refractivity contribution in [1.82, 2.24) is 14.5 Å². The minimum absolute atomic E-state index is 0.0221. The number of rotatable bonds is 5. The number of anilines is 1. The highest BCUT2D eigenvalue weighted by atomic mass is 16.3. The van der Waals surface area contributed by atoms with Crippen LogP contribution in [0.5, 0.6) is 0 Å². The Hall–Kier alpha value is -2.90. The van der Waals surface area contributed by atoms with Gasteiger partial charge >= 0.3 is 5.69 Å². The van der Waals surface area contributed by atoms with E-state index in [0.29, 0.717) is 13.1 Å². The summed E-state index contributed by atoms with van der Waals surface area (Å²) in [5.41, 5.74) is 3.97. The number of aliphatic hydroxyl groups is 1. The fourth-order valence-corrected chi connectivity index (χ4v) is 5.35. The number of hydrogen-bond donors (Lipinski definition) is 2. The maximum Gasteiger partial charge on any atom is 0.326 e. The molecule has 1 aromatic heterocycles. The molecule has 2 aliphatic heterocycles. The van der Waals surface area contributed by atoms with Crippen molar-refractivity contribution in [1.29, 1.82) is 0 Å². The van der Waals surface area contributed by atoms with Gasteiger partial charge in [-0.15, -0.1) is 0 Å². The Balaban J connectivity index is 1.22. The van der Waals surface area contributed by atoms with E-state index in [-0.39, 0.29) is 17.0 Å². The van der Waals surface area contributed by atoms with E-state index in [0.717, 1.165) is 55.6 Å². The molecule has 0 aliphatic carbocycles. The second kappa shape index (κ2) is 7.98. The number of amides is 1. The molecular formula is C24H28N4O3. The average molecular weight is 421 g/mol. The van der Waals surface area contributed by atoms with E-state index in [1.54, 1.807) is 4.90 Å². The van der Waals surface area contributed by atoms with Crippen LogP contribution in [0.3, 0.4) is 0 Å². The van der Waals surface area contributed by atoms with Crippen LogP contribution in [0.4, 0.5) is 5.69 Å². The summed E-state index contributed by atoms with van der Waals surface area (Å²) in [5.74, 6) is -0.226. The summed E-state index contributed by atoms with van der Waals surface area (Å²) in [6.45, 7) is 3.79. The van der Waals surface area contributed by atoms with Crippen molar-refractivity contribution in [3.63, 3.8) is 0 Å². The molecule has 162 valence electrons. The van der Waals surface area contributed by atoms with Gasteiger partial charge in [-0.3, -0.25) is 9.36 Å². The largest absolute Gasteiger partial charge is 0.387 e. The lowest BCUT2D eigenvalue weighted by molar-refractivity contribution is -0.121. The molecule has 3 heterocycles. The van der Waals surface area contributed by atoms with Crippen LogP contribution < -0.4 is 10.6 Å². The number of aromatic nitrogens is 2. The SMILES string of the molecule is O=C(CO)N1CC2(CCN(CCCn3c(=O)[nH]c4ccccc43)CC2)c2ccccc21. The minimum atomic E-state index is -0.455. The monoisotopic (exact) mass is 420 g/mol. The molecule has 31 heavy (non-hydrogen) atoms. The third-order valence-electron chi connectivity index (χ3n) is 7.01. The molecule has 0 saturated carbocycles. The van der Waals surface area contributed by atoms with Crippen molar-refractivity contribution in [3.8, 4) is 0 Å². The summed E-state index contributed by atoms with van der Waals surface area (Å²) >= 11 is 0. The number of aliphatic hydroxyl groups excluding tert-OH is 1. The number of para-hydroxylation sites is 3. The van der Waals surface area contributed by atoms with Gasteiger partial charge in [0.25, 0.3) is 5.91 Å². The predicted molar refractivity (Wildman–Crippen MR) is 120 cm³/mol. The maximum absolute atomic E-state index is 12.3. The summed E-state index contributed by atoms with van der Waals surface area (Å²) in [6.07, 6.45) is 2.90. The lowest BCUT2D eigenvalue weighted by Crippen LogP contribution is -2.46. The number of fused-ring (bicyclic) bond motifs is 3. The van der Waals surface area contributed by atoms with Gasteiger partial charge < -0.3 is 19.9 Å². The third kappa shape index (κ3) is 3.47. The number of hydrogen-bond acceptors (Lipinski definition) is 4. The van der Waals surface area contributed by atoms with E-state index in [2.05, 4.69) is 16.0 Å². The molecule has 0 bridgehead atoms. The molecular weight excluding hydrogens is 392 g/mol. The lowest BCUT2D eigenvalue weighted by Gasteiger charge is -2.40. The van der Waals surface area contributed by atoms with E-state index in [4.69, 9.17) is 0 Å². The molecule has 1 saturated heterocycles. The number of likely N-dealkylation sites (tertiary alicyclic amines) is 1. The molecule has 2 aromatic carbocycles. The Morgan fingerprint density at radius 1 is 1.03 bits per heavy atom. The number of nitrogens with one attached hydrogen (secondary N) is 1. The smallest absolute Gasteiger partial charge is 0.326 e. The van der Waals surface area contributed by atoms with Crippen molar-refractivity contribution >= 4 is 22.6 Å². The van der Waals surface area contributed by atoms with Gasteiger partial charge in [-0.1, -0.05) is 30.3 Å². The van der Waals surface area contributed by atoms with Gasteiger partial charge in [-0.2, -0.15) is 0 Å². The van der Waals surface area contributed by atoms with E-state index in [9.17, 15) is 14.7 Å². The van der Waals surface area contributed by atoms with Gasteiger partial charge in [0.15, 0.2) is 0 Å². The Bertz CT molecular complexity index is 1160. The van der Waals surface area contributed by atoms with Crippen molar-refractivity contribution < 1.29 is 9.90 Å². The minimum Gasteiger partial charge on any atom is -0.387 e. The van der Waals surface area contributed by atoms with Crippen molar-refractivity contribution in [2.75, 3.05) is 37.7 Å². The van der Waals surface area contributed by atoms with Crippen LogP contribution in [0, 0.1) is 0 Å². The van der Waals surface area contributed by atoms with Gasteiger partial charge in [0.05, 0.1) is 11.0 Å². The molecule has 2 aliphatic rings. The van der Waals surface area contributed by atoms with Crippen LogP contribution in [0.25, 0.3) is 11.0 Å². The number of nitrogens with zero attached hydrogens (tertiary/aromatic N) is 3. The van der Waals surface area contributed by atoms with E-state index < -0.39 is 6.61 Å². The second-order valence-electron chi connectivity index (χ2n) is 8.73. The number of aromatic amines is 1. The fourth-order valence-electron chi connectivity index (χ4n) is 5.35. The van der Waals surface area contributed by atoms with Crippen LogP contribution in [0.15, 0.2) is 53.3 Å². The zero-order valence-corrected chi connectivity index (χ0v) is 17.6. The first-order chi connectivity index (χ1) is 15.1. The van der Waals surface area contributed by atoms with Gasteiger partial charge in [0.2, 0.25) is 0 Å². The van der Waals surface area contributed by atoms with Crippen molar-refractivity contribution in [3.05, 3.63) is 64.6 Å². The van der Waals surface area contributed by atoms with Crippen molar-refractivity contribution in [2.24, 2.45) is 0 Å². The summed E-state index contributed by atoms with van der Waals surface area (Å²) in [6, 6.07) is 15.9. The maximum atomic E-state index is 12.3. The Morgan fingerprint density at radius 3 is 2.58 bits per heavy atom. The third-order valence-corrected chi connectivity index (χ3v) is 7.01. The second-order valence-corrected chi connectivity index (χ2v) is 8.73. The molecule has 3 aromatic rings. The molecule has 0 unspecified atom stereocenters. The Kier molecular flexibility index (Phi) is 5.16. The van der Waals surface area contributed by atoms with Gasteiger partial charge in [0, 0.05) is 24.2 Å². The molecule has 7 nitrogen and oxygen atoms in total. The first kappa shape index (κ1) is 20.0. The molecule has 0 atom stereocenters. The molecule has 1 spiro atoms. The van der Waals surface area contributed by atoms with Gasteiger partial charge in [-0.05, 0) is 62.7 Å². The predicted octanol–water partition coefficient (Wildman–Crippen LogP) is 2.09. The zero-order chi connectivity index (χ0) is 21.4. The molecule has 1 fully saturated rings. The van der Waals surface area contributed by atoms with E-state index >= 15 is 0 Å². The highest BCUT2D eigenvalue weighted by molar-refractivity contribution is 5.97. The normalized spacial score (nSPS) is 18.0. The Labute approximate surface area is 180 Å². The van der Waals surface area contributed by atoms with Gasteiger partial charge in [-0.25, -0.2) is 4.79 Å². The quantitative estimate of drug-likeness (QED) is 0.662. The summed E-state index contributed by atoms with van der Waals surface area (Å²) < 4.78 is 1.83. The number of H-pyrrole nitrogens is 1. The number of carbonyl (C=O) groups is 1. The zero-order valence-electron chi connectivity index (χ0n) is 17.6.